The van der Waals surface area contributed by atoms with E-state index in [0.717, 1.165) is 29.7 Å². The van der Waals surface area contributed by atoms with Crippen LogP contribution in [0.2, 0.25) is 0 Å². The van der Waals surface area contributed by atoms with Crippen LogP contribution in [0.1, 0.15) is 39.2 Å². The molecule has 1 amide bonds. The number of sulfonamides is 1. The third-order valence-electron chi connectivity index (χ3n) is 4.88. The van der Waals surface area contributed by atoms with E-state index >= 15 is 0 Å². The van der Waals surface area contributed by atoms with Crippen molar-refractivity contribution in [2.75, 3.05) is 11.3 Å². The predicted octanol–water partition coefficient (Wildman–Crippen LogP) is 3.50. The van der Waals surface area contributed by atoms with Crippen LogP contribution in [0.15, 0.2) is 53.6 Å². The number of aromatic amines is 1. The minimum absolute atomic E-state index is 0.0498. The van der Waals surface area contributed by atoms with Gasteiger partial charge in [0.25, 0.3) is 15.9 Å². The number of nitrogens with one attached hydrogen (secondary N) is 3. The predicted molar refractivity (Wildman–Crippen MR) is 117 cm³/mol. The third-order valence-corrected chi connectivity index (χ3v) is 6.26. The molecule has 7 nitrogen and oxygen atoms in total. The average Bonchev–Trinajstić information content (AvgIpc) is 3.09. The Morgan fingerprint density at radius 2 is 1.90 bits per heavy atom. The van der Waals surface area contributed by atoms with Gasteiger partial charge in [0, 0.05) is 23.5 Å². The van der Waals surface area contributed by atoms with Gasteiger partial charge in [-0.05, 0) is 74.6 Å². The Bertz CT molecular complexity index is 1150. The lowest BCUT2D eigenvalue weighted by molar-refractivity contribution is 0.0952. The van der Waals surface area contributed by atoms with E-state index in [9.17, 15) is 13.2 Å². The topological polar surface area (TPSA) is 104 Å². The van der Waals surface area contributed by atoms with Crippen LogP contribution >= 0.6 is 0 Å². The van der Waals surface area contributed by atoms with E-state index in [1.165, 1.54) is 12.1 Å². The number of anilines is 1. The van der Waals surface area contributed by atoms with E-state index in [1.807, 2.05) is 19.9 Å². The Labute approximate surface area is 177 Å². The van der Waals surface area contributed by atoms with Crippen LogP contribution in [0.4, 0.5) is 5.69 Å². The highest BCUT2D eigenvalue weighted by atomic mass is 32.2. The van der Waals surface area contributed by atoms with Crippen molar-refractivity contribution >= 4 is 21.6 Å². The summed E-state index contributed by atoms with van der Waals surface area (Å²) in [5.74, 6) is -0.288. The van der Waals surface area contributed by atoms with Gasteiger partial charge >= 0.3 is 0 Å². The molecule has 0 saturated carbocycles. The highest BCUT2D eigenvalue weighted by Gasteiger charge is 2.18. The van der Waals surface area contributed by atoms with Gasteiger partial charge in [-0.25, -0.2) is 8.42 Å². The van der Waals surface area contributed by atoms with Gasteiger partial charge in [0.05, 0.1) is 11.1 Å². The number of nitrogens with zero attached hydrogens (tertiary/aromatic N) is 1. The number of rotatable bonds is 8. The van der Waals surface area contributed by atoms with Crippen LogP contribution < -0.4 is 10.0 Å². The van der Waals surface area contributed by atoms with E-state index in [4.69, 9.17) is 0 Å². The molecule has 1 heterocycles. The molecule has 8 heteroatoms. The van der Waals surface area contributed by atoms with Crippen LogP contribution in [-0.4, -0.2) is 31.1 Å². The van der Waals surface area contributed by atoms with Gasteiger partial charge in [-0.2, -0.15) is 5.10 Å². The lowest BCUT2D eigenvalue weighted by Gasteiger charge is -2.12. The zero-order chi connectivity index (χ0) is 21.7. The maximum Gasteiger partial charge on any atom is 0.261 e. The maximum absolute atomic E-state index is 12.8. The van der Waals surface area contributed by atoms with Crippen LogP contribution in [0.3, 0.4) is 0 Å². The lowest BCUT2D eigenvalue weighted by Crippen LogP contribution is -2.26. The second kappa shape index (κ2) is 9.13. The van der Waals surface area contributed by atoms with Crippen LogP contribution in [-0.2, 0) is 16.4 Å². The molecule has 0 saturated heterocycles. The molecule has 3 aromatic rings. The first-order chi connectivity index (χ1) is 14.3. The molecule has 0 radical (unpaired) electrons. The monoisotopic (exact) mass is 426 g/mol. The fourth-order valence-electron chi connectivity index (χ4n) is 3.14. The van der Waals surface area contributed by atoms with Crippen LogP contribution in [0, 0.1) is 20.8 Å². The minimum Gasteiger partial charge on any atom is -0.352 e. The molecule has 0 fully saturated rings. The molecule has 3 rings (SSSR count). The van der Waals surface area contributed by atoms with E-state index in [-0.39, 0.29) is 10.8 Å². The minimum atomic E-state index is -3.80. The summed E-state index contributed by atoms with van der Waals surface area (Å²) >= 11 is 0. The number of aromatic nitrogens is 2. The molecule has 0 aliphatic carbocycles. The number of aryl methyl sites for hydroxylation is 4. The summed E-state index contributed by atoms with van der Waals surface area (Å²) in [6, 6.07) is 11.7. The van der Waals surface area contributed by atoms with Gasteiger partial charge < -0.3 is 5.32 Å². The number of carbonyl (C=O) groups excluding carboxylic acids is 1. The standard InChI is InChI=1S/C22H26N4O3S/c1-15-6-4-8-19(12-15)26-30(28,29)20-10-9-16(2)21(13-20)22(27)23-11-5-7-18-14-24-25-17(18)3/h4,6,8-10,12-14,26H,5,7,11H2,1-3H3,(H,23,27)(H,24,25). The van der Waals surface area contributed by atoms with Gasteiger partial charge in [-0.15, -0.1) is 0 Å². The Morgan fingerprint density at radius 1 is 1.10 bits per heavy atom. The highest BCUT2D eigenvalue weighted by molar-refractivity contribution is 7.92. The maximum atomic E-state index is 12.8. The summed E-state index contributed by atoms with van der Waals surface area (Å²) in [6.07, 6.45) is 3.35. The Kier molecular flexibility index (Phi) is 6.56. The Balaban J connectivity index is 1.67. The summed E-state index contributed by atoms with van der Waals surface area (Å²) in [6.45, 7) is 6.12. The fraction of sp³-hybridized carbons (Fsp3) is 0.273. The summed E-state index contributed by atoms with van der Waals surface area (Å²) < 4.78 is 28.1. The second-order valence-corrected chi connectivity index (χ2v) is 9.01. The van der Waals surface area contributed by atoms with Crippen LogP contribution in [0.5, 0.6) is 0 Å². The molecule has 158 valence electrons. The molecule has 0 aliphatic rings. The highest BCUT2D eigenvalue weighted by Crippen LogP contribution is 2.20. The van der Waals surface area contributed by atoms with Gasteiger partial charge in [0.2, 0.25) is 0 Å². The fourth-order valence-corrected chi connectivity index (χ4v) is 4.21. The van der Waals surface area contributed by atoms with E-state index in [2.05, 4.69) is 20.2 Å². The molecule has 0 spiro atoms. The van der Waals surface area contributed by atoms with Gasteiger partial charge in [-0.3, -0.25) is 14.6 Å². The molecular weight excluding hydrogens is 400 g/mol. The number of hydrogen-bond donors (Lipinski definition) is 3. The first kappa shape index (κ1) is 21.6. The molecule has 0 bridgehead atoms. The smallest absolute Gasteiger partial charge is 0.261 e. The van der Waals surface area contributed by atoms with Crippen molar-refractivity contribution in [3.05, 3.63) is 76.6 Å². The molecule has 3 N–H and O–H groups in total. The first-order valence-electron chi connectivity index (χ1n) is 9.73. The van der Waals surface area contributed by atoms with E-state index < -0.39 is 10.0 Å². The summed E-state index contributed by atoms with van der Waals surface area (Å²) in [5, 5.41) is 9.75. The van der Waals surface area contributed by atoms with Crippen LogP contribution in [0.25, 0.3) is 0 Å². The van der Waals surface area contributed by atoms with E-state index in [0.29, 0.717) is 23.4 Å². The average molecular weight is 427 g/mol. The summed E-state index contributed by atoms with van der Waals surface area (Å²) in [4.78, 5) is 12.7. The van der Waals surface area contributed by atoms with Crippen molar-refractivity contribution in [2.45, 2.75) is 38.5 Å². The normalized spacial score (nSPS) is 11.3. The number of benzene rings is 2. The van der Waals surface area contributed by atoms with Gasteiger partial charge in [0.15, 0.2) is 0 Å². The molecule has 1 aromatic heterocycles. The molecule has 0 unspecified atom stereocenters. The Hall–Kier alpha value is -3.13. The van der Waals surface area contributed by atoms with Gasteiger partial charge in [-0.1, -0.05) is 18.2 Å². The quantitative estimate of drug-likeness (QED) is 0.480. The first-order valence-corrected chi connectivity index (χ1v) is 11.2. The van der Waals surface area contributed by atoms with Crippen molar-refractivity contribution in [1.82, 2.24) is 15.5 Å². The molecule has 0 aliphatic heterocycles. The molecule has 0 atom stereocenters. The molecule has 30 heavy (non-hydrogen) atoms. The molecule has 2 aromatic carbocycles. The summed E-state index contributed by atoms with van der Waals surface area (Å²) in [5.41, 5.74) is 4.64. The zero-order valence-electron chi connectivity index (χ0n) is 17.3. The van der Waals surface area contributed by atoms with Crippen molar-refractivity contribution in [2.24, 2.45) is 0 Å². The van der Waals surface area contributed by atoms with Gasteiger partial charge in [0.1, 0.15) is 0 Å². The Morgan fingerprint density at radius 3 is 2.60 bits per heavy atom. The van der Waals surface area contributed by atoms with Crippen molar-refractivity contribution in [1.29, 1.82) is 0 Å². The molecular formula is C22H26N4O3S. The summed E-state index contributed by atoms with van der Waals surface area (Å²) in [7, 11) is -3.80. The van der Waals surface area contributed by atoms with Crippen molar-refractivity contribution in [3.63, 3.8) is 0 Å². The third kappa shape index (κ3) is 5.27. The number of H-pyrrole nitrogens is 1. The largest absolute Gasteiger partial charge is 0.352 e. The lowest BCUT2D eigenvalue weighted by atomic mass is 10.1. The van der Waals surface area contributed by atoms with Crippen molar-refractivity contribution in [3.8, 4) is 0 Å². The number of carbonyl (C=O) groups is 1. The van der Waals surface area contributed by atoms with Crippen molar-refractivity contribution < 1.29 is 13.2 Å². The SMILES string of the molecule is Cc1cccc(NS(=O)(=O)c2ccc(C)c(C(=O)NCCCc3cn[nH]c3C)c2)c1. The van der Waals surface area contributed by atoms with E-state index in [1.54, 1.807) is 37.4 Å². The number of amides is 1. The second-order valence-electron chi connectivity index (χ2n) is 7.33. The zero-order valence-corrected chi connectivity index (χ0v) is 18.1. The number of hydrogen-bond acceptors (Lipinski definition) is 4.